The smallest absolute Gasteiger partial charge is 0.351 e. The molecule has 10 nitrogen and oxygen atoms in total. The summed E-state index contributed by atoms with van der Waals surface area (Å²) < 4.78 is 93.7. The molecule has 4 aromatic rings. The Balaban J connectivity index is 1.46. The number of nitrogens with one attached hydrogen (secondary N) is 1. The number of aromatic nitrogens is 4. The number of aryl methyl sites for hydroxylation is 1. The Morgan fingerprint density at radius 3 is 2.44 bits per heavy atom. The summed E-state index contributed by atoms with van der Waals surface area (Å²) in [4.78, 5) is 8.87. The molecule has 1 aliphatic rings. The Hall–Kier alpha value is -3.17. The van der Waals surface area contributed by atoms with Crippen LogP contribution in [0.1, 0.15) is 25.3 Å². The fraction of sp³-hybridized carbons (Fsp3) is 0.417. The molecule has 0 saturated carbocycles. The molecule has 1 aromatic carbocycles. The van der Waals surface area contributed by atoms with Gasteiger partial charge in [0.25, 0.3) is 10.0 Å². The van der Waals surface area contributed by atoms with Gasteiger partial charge in [0.1, 0.15) is 0 Å². The van der Waals surface area contributed by atoms with E-state index in [4.69, 9.17) is 0 Å². The molecular formula is C24H27F3N6O4S2. The third-order valence-corrected chi connectivity index (χ3v) is 10.5. The maximum atomic E-state index is 13.3. The minimum atomic E-state index is -4.56. The molecule has 0 bridgehead atoms. The van der Waals surface area contributed by atoms with Gasteiger partial charge in [-0.3, -0.25) is 4.40 Å². The van der Waals surface area contributed by atoms with E-state index in [0.717, 1.165) is 13.8 Å². The molecule has 39 heavy (non-hydrogen) atoms. The van der Waals surface area contributed by atoms with Crippen LogP contribution in [-0.2, 0) is 20.0 Å². The van der Waals surface area contributed by atoms with E-state index in [1.807, 2.05) is 13.8 Å². The topological polar surface area (TPSA) is 119 Å². The van der Waals surface area contributed by atoms with Gasteiger partial charge >= 0.3 is 6.18 Å². The van der Waals surface area contributed by atoms with Gasteiger partial charge in [0.2, 0.25) is 16.0 Å². The summed E-state index contributed by atoms with van der Waals surface area (Å²) in [5.74, 6) is -0.663. The Labute approximate surface area is 223 Å². The maximum Gasteiger partial charge on any atom is 0.390 e. The highest BCUT2D eigenvalue weighted by Gasteiger charge is 2.36. The first-order chi connectivity index (χ1) is 18.3. The van der Waals surface area contributed by atoms with Gasteiger partial charge in [0, 0.05) is 25.3 Å². The number of benzene rings is 1. The van der Waals surface area contributed by atoms with Crippen molar-refractivity contribution in [1.29, 1.82) is 0 Å². The number of alkyl halides is 3. The van der Waals surface area contributed by atoms with E-state index in [1.54, 1.807) is 28.8 Å². The van der Waals surface area contributed by atoms with Crippen LogP contribution in [0, 0.1) is 12.8 Å². The first-order valence-electron chi connectivity index (χ1n) is 12.2. The van der Waals surface area contributed by atoms with Crippen molar-refractivity contribution in [2.45, 2.75) is 43.8 Å². The van der Waals surface area contributed by atoms with Crippen molar-refractivity contribution < 1.29 is 30.0 Å². The minimum absolute atomic E-state index is 0.00439. The van der Waals surface area contributed by atoms with Gasteiger partial charge in [-0.25, -0.2) is 30.8 Å². The Bertz CT molecular complexity index is 1730. The molecule has 3 aromatic heterocycles. The molecule has 1 N–H and O–H groups in total. The number of hydrogen-bond donors (Lipinski definition) is 1. The van der Waals surface area contributed by atoms with Crippen LogP contribution in [0.15, 0.2) is 53.8 Å². The number of anilines is 1. The zero-order valence-electron chi connectivity index (χ0n) is 21.1. The summed E-state index contributed by atoms with van der Waals surface area (Å²) in [5, 5.41) is 3.24. The van der Waals surface area contributed by atoms with Crippen molar-refractivity contribution in [1.82, 2.24) is 22.6 Å². The third-order valence-electron chi connectivity index (χ3n) is 7.00. The number of sulfonamides is 1. The molecule has 210 valence electrons. The highest BCUT2D eigenvalue weighted by atomic mass is 32.2. The molecule has 0 radical (unpaired) electrons. The maximum absolute atomic E-state index is 13.3. The predicted molar refractivity (Wildman–Crippen MR) is 139 cm³/mol. The van der Waals surface area contributed by atoms with Crippen molar-refractivity contribution in [2.75, 3.05) is 24.2 Å². The lowest BCUT2D eigenvalue weighted by Gasteiger charge is -2.36. The third kappa shape index (κ3) is 5.34. The van der Waals surface area contributed by atoms with Crippen molar-refractivity contribution in [3.63, 3.8) is 0 Å². The number of imidazole rings is 1. The minimum Gasteiger partial charge on any atom is -0.351 e. The lowest BCUT2D eigenvalue weighted by Crippen LogP contribution is -2.50. The average Bonchev–Trinajstić information content (AvgIpc) is 3.48. The van der Waals surface area contributed by atoms with E-state index in [1.165, 1.54) is 24.5 Å². The standard InChI is InChI=1S/C24H27F3N6O4S2/c1-16-3-5-19(6-4-16)39(36,37)32-11-8-21-22(32)28-13-18-14-29-23(33(18)21)30-20-15-31(10-7-17(20)2)38(34,35)12-9-24(25,26)27/h3-6,8,11,13-14,17,20H,7,9-10,12,15H2,1-2H3,(H,29,30)/t17-,20-/m1/s1. The number of nitrogens with zero attached hydrogens (tertiary/aromatic N) is 5. The van der Waals surface area contributed by atoms with E-state index in [2.05, 4.69) is 15.3 Å². The number of halogens is 3. The summed E-state index contributed by atoms with van der Waals surface area (Å²) in [6.45, 7) is 3.90. The molecule has 5 rings (SSSR count). The predicted octanol–water partition coefficient (Wildman–Crippen LogP) is 3.63. The van der Waals surface area contributed by atoms with Crippen LogP contribution in [0.4, 0.5) is 19.1 Å². The van der Waals surface area contributed by atoms with Crippen molar-refractivity contribution >= 4 is 42.7 Å². The molecule has 0 unspecified atom stereocenters. The fourth-order valence-corrected chi connectivity index (χ4v) is 7.49. The molecular weight excluding hydrogens is 557 g/mol. The fourth-order valence-electron chi connectivity index (χ4n) is 4.67. The number of piperidine rings is 1. The largest absolute Gasteiger partial charge is 0.390 e. The second-order valence-corrected chi connectivity index (χ2v) is 13.7. The first-order valence-corrected chi connectivity index (χ1v) is 15.3. The van der Waals surface area contributed by atoms with E-state index >= 15 is 0 Å². The van der Waals surface area contributed by atoms with Gasteiger partial charge in [0.15, 0.2) is 5.65 Å². The van der Waals surface area contributed by atoms with Crippen LogP contribution in [0.25, 0.3) is 16.7 Å². The van der Waals surface area contributed by atoms with Crippen molar-refractivity contribution in [3.05, 3.63) is 54.5 Å². The quantitative estimate of drug-likeness (QED) is 0.352. The Kier molecular flexibility index (Phi) is 6.87. The molecule has 1 saturated heterocycles. The van der Waals surface area contributed by atoms with Crippen molar-refractivity contribution in [2.24, 2.45) is 5.92 Å². The van der Waals surface area contributed by atoms with E-state index in [0.29, 0.717) is 23.4 Å². The summed E-state index contributed by atoms with van der Waals surface area (Å²) in [7, 11) is -8.04. The van der Waals surface area contributed by atoms with Crippen LogP contribution in [0.3, 0.4) is 0 Å². The average molecular weight is 585 g/mol. The van der Waals surface area contributed by atoms with Gasteiger partial charge in [-0.15, -0.1) is 0 Å². The number of fused-ring (bicyclic) bond motifs is 3. The molecule has 1 fully saturated rings. The zero-order chi connectivity index (χ0) is 28.2. The highest BCUT2D eigenvalue weighted by Crippen LogP contribution is 2.28. The Morgan fingerprint density at radius 1 is 1.05 bits per heavy atom. The molecule has 15 heteroatoms. The molecule has 1 aliphatic heterocycles. The summed E-state index contributed by atoms with van der Waals surface area (Å²) in [6, 6.07) is 7.63. The zero-order valence-corrected chi connectivity index (χ0v) is 22.8. The van der Waals surface area contributed by atoms with Crippen LogP contribution in [-0.4, -0.2) is 70.5 Å². The van der Waals surface area contributed by atoms with Gasteiger partial charge in [-0.1, -0.05) is 24.6 Å². The van der Waals surface area contributed by atoms with Crippen LogP contribution in [0.5, 0.6) is 0 Å². The molecule has 4 heterocycles. The lowest BCUT2D eigenvalue weighted by atomic mass is 9.95. The second-order valence-electron chi connectivity index (χ2n) is 9.79. The van der Waals surface area contributed by atoms with Crippen LogP contribution in [0.2, 0.25) is 0 Å². The SMILES string of the molecule is Cc1ccc(S(=O)(=O)n2ccc3c2ncc2cnc(N[C@@H]4CN(S(=O)(=O)CCC(F)(F)F)CC[C@H]4C)n23)cc1. The second kappa shape index (κ2) is 9.78. The van der Waals surface area contributed by atoms with Gasteiger partial charge in [-0.05, 0) is 37.5 Å². The van der Waals surface area contributed by atoms with Crippen LogP contribution < -0.4 is 5.32 Å². The normalized spacial score (nSPS) is 19.6. The first kappa shape index (κ1) is 27.4. The molecule has 0 amide bonds. The highest BCUT2D eigenvalue weighted by molar-refractivity contribution is 7.90. The molecule has 0 aliphatic carbocycles. The van der Waals surface area contributed by atoms with E-state index in [-0.39, 0.29) is 29.6 Å². The Morgan fingerprint density at radius 2 is 1.74 bits per heavy atom. The lowest BCUT2D eigenvalue weighted by molar-refractivity contribution is -0.130. The van der Waals surface area contributed by atoms with Gasteiger partial charge in [-0.2, -0.15) is 17.5 Å². The number of rotatable bonds is 7. The summed E-state index contributed by atoms with van der Waals surface area (Å²) in [6.07, 6.45) is -1.07. The molecule has 2 atom stereocenters. The number of hydrogen-bond acceptors (Lipinski definition) is 7. The van der Waals surface area contributed by atoms with Gasteiger partial charge < -0.3 is 5.32 Å². The van der Waals surface area contributed by atoms with E-state index < -0.39 is 44.4 Å². The molecule has 0 spiro atoms. The monoisotopic (exact) mass is 584 g/mol. The summed E-state index contributed by atoms with van der Waals surface area (Å²) >= 11 is 0. The van der Waals surface area contributed by atoms with Crippen molar-refractivity contribution in [3.8, 4) is 0 Å². The van der Waals surface area contributed by atoms with Crippen LogP contribution >= 0.6 is 0 Å². The van der Waals surface area contributed by atoms with E-state index in [9.17, 15) is 30.0 Å². The summed E-state index contributed by atoms with van der Waals surface area (Å²) in [5.41, 5.74) is 2.14. The van der Waals surface area contributed by atoms with Gasteiger partial charge in [0.05, 0.1) is 40.5 Å².